The van der Waals surface area contributed by atoms with Crippen LogP contribution in [0.25, 0.3) is 0 Å². The predicted molar refractivity (Wildman–Crippen MR) is 61.9 cm³/mol. The largest absolute Gasteiger partial charge is 0.368 e. The number of nitrogens with one attached hydrogen (secondary N) is 3. The van der Waals surface area contributed by atoms with Gasteiger partial charge in [-0.15, -0.1) is 0 Å². The lowest BCUT2D eigenvalue weighted by molar-refractivity contribution is 0.992. The van der Waals surface area contributed by atoms with Crippen LogP contribution in [0, 0.1) is 0 Å². The standard InChI is InChI=1S/C9H13N7/c1-11-8-14-7(10)15-9(16-8)13-5-6-3-2-4-12-6/h2-4,12H,5H2,1H3,(H4,10,11,13,14,15,16). The van der Waals surface area contributed by atoms with Crippen LogP contribution in [0.15, 0.2) is 18.3 Å². The molecule has 5 N–H and O–H groups in total. The van der Waals surface area contributed by atoms with Crippen molar-refractivity contribution in [3.05, 3.63) is 24.0 Å². The minimum Gasteiger partial charge on any atom is -0.368 e. The second kappa shape index (κ2) is 4.47. The first kappa shape index (κ1) is 10.2. The van der Waals surface area contributed by atoms with Crippen LogP contribution in [0.1, 0.15) is 5.69 Å². The molecule has 0 radical (unpaired) electrons. The van der Waals surface area contributed by atoms with Crippen molar-refractivity contribution in [2.24, 2.45) is 0 Å². The summed E-state index contributed by atoms with van der Waals surface area (Å²) < 4.78 is 0. The fraction of sp³-hybridized carbons (Fsp3) is 0.222. The third-order valence-corrected chi connectivity index (χ3v) is 1.98. The van der Waals surface area contributed by atoms with Crippen LogP contribution in [0.5, 0.6) is 0 Å². The second-order valence-electron chi connectivity index (χ2n) is 3.14. The molecular weight excluding hydrogens is 206 g/mol. The maximum absolute atomic E-state index is 5.53. The molecule has 0 unspecified atom stereocenters. The maximum Gasteiger partial charge on any atom is 0.229 e. The Morgan fingerprint density at radius 1 is 1.31 bits per heavy atom. The summed E-state index contributed by atoms with van der Waals surface area (Å²) in [6.45, 7) is 0.611. The number of hydrogen-bond donors (Lipinski definition) is 4. The molecule has 0 bridgehead atoms. The molecular formula is C9H13N7. The monoisotopic (exact) mass is 219 g/mol. The molecule has 84 valence electrons. The van der Waals surface area contributed by atoms with Gasteiger partial charge >= 0.3 is 0 Å². The summed E-state index contributed by atoms with van der Waals surface area (Å²) in [5, 5.41) is 5.86. The van der Waals surface area contributed by atoms with E-state index < -0.39 is 0 Å². The first-order valence-electron chi connectivity index (χ1n) is 4.83. The maximum atomic E-state index is 5.53. The lowest BCUT2D eigenvalue weighted by atomic mass is 10.4. The Morgan fingerprint density at radius 3 is 2.81 bits per heavy atom. The summed E-state index contributed by atoms with van der Waals surface area (Å²) >= 11 is 0. The van der Waals surface area contributed by atoms with Crippen LogP contribution in [-0.2, 0) is 6.54 Å². The number of hydrogen-bond acceptors (Lipinski definition) is 6. The first-order chi connectivity index (χ1) is 7.78. The minimum atomic E-state index is 0.188. The van der Waals surface area contributed by atoms with Gasteiger partial charge in [-0.1, -0.05) is 0 Å². The molecule has 16 heavy (non-hydrogen) atoms. The van der Waals surface area contributed by atoms with E-state index in [1.54, 1.807) is 7.05 Å². The number of nitrogens with two attached hydrogens (primary N) is 1. The van der Waals surface area contributed by atoms with Crippen LogP contribution >= 0.6 is 0 Å². The van der Waals surface area contributed by atoms with E-state index in [0.29, 0.717) is 18.4 Å². The number of nitrogens with zero attached hydrogens (tertiary/aromatic N) is 3. The van der Waals surface area contributed by atoms with Gasteiger partial charge < -0.3 is 21.4 Å². The Balaban J connectivity index is 2.06. The van der Waals surface area contributed by atoms with Gasteiger partial charge in [0.1, 0.15) is 0 Å². The Morgan fingerprint density at radius 2 is 2.12 bits per heavy atom. The number of H-pyrrole nitrogens is 1. The van der Waals surface area contributed by atoms with Crippen molar-refractivity contribution in [3.63, 3.8) is 0 Å². The molecule has 2 aromatic heterocycles. The Hall–Kier alpha value is -2.31. The van der Waals surface area contributed by atoms with Crippen molar-refractivity contribution in [3.8, 4) is 0 Å². The van der Waals surface area contributed by atoms with Crippen molar-refractivity contribution >= 4 is 17.8 Å². The molecule has 0 atom stereocenters. The van der Waals surface area contributed by atoms with Gasteiger partial charge in [0.2, 0.25) is 17.8 Å². The Labute approximate surface area is 92.5 Å². The van der Waals surface area contributed by atoms with Crippen molar-refractivity contribution in [2.45, 2.75) is 6.54 Å². The van der Waals surface area contributed by atoms with E-state index in [4.69, 9.17) is 5.73 Å². The summed E-state index contributed by atoms with van der Waals surface area (Å²) in [6.07, 6.45) is 1.86. The summed E-state index contributed by atoms with van der Waals surface area (Å²) in [5.74, 6) is 1.08. The molecule has 0 saturated carbocycles. The molecule has 0 aliphatic heterocycles. The van der Waals surface area contributed by atoms with Crippen molar-refractivity contribution < 1.29 is 0 Å². The predicted octanol–water partition coefficient (Wildman–Crippen LogP) is 0.436. The molecule has 0 spiro atoms. The molecule has 0 saturated heterocycles. The van der Waals surface area contributed by atoms with Gasteiger partial charge in [-0.2, -0.15) is 15.0 Å². The zero-order chi connectivity index (χ0) is 11.4. The second-order valence-corrected chi connectivity index (χ2v) is 3.14. The average Bonchev–Trinajstić information content (AvgIpc) is 2.78. The molecule has 2 rings (SSSR count). The van der Waals surface area contributed by atoms with Crippen molar-refractivity contribution in [1.29, 1.82) is 0 Å². The average molecular weight is 219 g/mol. The van der Waals surface area contributed by atoms with Crippen LogP contribution in [0.3, 0.4) is 0 Å². The number of rotatable bonds is 4. The molecule has 2 heterocycles. The molecule has 0 aliphatic carbocycles. The smallest absolute Gasteiger partial charge is 0.229 e. The normalized spacial score (nSPS) is 10.1. The van der Waals surface area contributed by atoms with Gasteiger partial charge in [0.25, 0.3) is 0 Å². The van der Waals surface area contributed by atoms with Crippen LogP contribution < -0.4 is 16.4 Å². The van der Waals surface area contributed by atoms with Crippen LogP contribution in [0.4, 0.5) is 17.8 Å². The van der Waals surface area contributed by atoms with E-state index in [2.05, 4.69) is 30.6 Å². The summed E-state index contributed by atoms with van der Waals surface area (Å²) in [7, 11) is 1.73. The van der Waals surface area contributed by atoms with Crippen molar-refractivity contribution in [2.75, 3.05) is 23.4 Å². The summed E-state index contributed by atoms with van der Waals surface area (Å²) in [6, 6.07) is 3.90. The quantitative estimate of drug-likeness (QED) is 0.594. The molecule has 0 fully saturated rings. The fourth-order valence-electron chi connectivity index (χ4n) is 1.23. The Bertz CT molecular complexity index is 451. The molecule has 0 aliphatic rings. The van der Waals surface area contributed by atoms with Crippen molar-refractivity contribution in [1.82, 2.24) is 19.9 Å². The van der Waals surface area contributed by atoms with Gasteiger partial charge in [-0.25, -0.2) is 0 Å². The van der Waals surface area contributed by atoms with E-state index >= 15 is 0 Å². The first-order valence-corrected chi connectivity index (χ1v) is 4.83. The van der Waals surface area contributed by atoms with E-state index in [9.17, 15) is 0 Å². The van der Waals surface area contributed by atoms with Crippen LogP contribution in [-0.4, -0.2) is 27.0 Å². The van der Waals surface area contributed by atoms with Gasteiger partial charge in [0.05, 0.1) is 6.54 Å². The summed E-state index contributed by atoms with van der Waals surface area (Å²) in [4.78, 5) is 15.0. The minimum absolute atomic E-state index is 0.188. The van der Waals surface area contributed by atoms with Gasteiger partial charge in [0.15, 0.2) is 0 Å². The highest BCUT2D eigenvalue weighted by atomic mass is 15.2. The molecule has 0 aromatic carbocycles. The third-order valence-electron chi connectivity index (χ3n) is 1.98. The number of nitrogen functional groups attached to an aromatic ring is 1. The van der Waals surface area contributed by atoms with E-state index in [0.717, 1.165) is 5.69 Å². The number of aromatic nitrogens is 4. The Kier molecular flexibility index (Phi) is 2.86. The number of anilines is 3. The molecule has 0 amide bonds. The SMILES string of the molecule is CNc1nc(N)nc(NCc2ccc[nH]2)n1. The van der Waals surface area contributed by atoms with Gasteiger partial charge in [-0.05, 0) is 12.1 Å². The molecule has 2 aromatic rings. The fourth-order valence-corrected chi connectivity index (χ4v) is 1.23. The third kappa shape index (κ3) is 2.38. The van der Waals surface area contributed by atoms with Gasteiger partial charge in [0, 0.05) is 18.9 Å². The van der Waals surface area contributed by atoms with E-state index in [1.807, 2.05) is 18.3 Å². The van der Waals surface area contributed by atoms with E-state index in [1.165, 1.54) is 0 Å². The highest BCUT2D eigenvalue weighted by molar-refractivity contribution is 5.39. The zero-order valence-electron chi connectivity index (χ0n) is 8.86. The molecule has 7 nitrogen and oxygen atoms in total. The van der Waals surface area contributed by atoms with Gasteiger partial charge in [-0.3, -0.25) is 0 Å². The van der Waals surface area contributed by atoms with Crippen LogP contribution in [0.2, 0.25) is 0 Å². The number of aromatic amines is 1. The lowest BCUT2D eigenvalue weighted by Gasteiger charge is -2.05. The van der Waals surface area contributed by atoms with E-state index in [-0.39, 0.29) is 5.95 Å². The summed E-state index contributed by atoms with van der Waals surface area (Å²) in [5.41, 5.74) is 6.58. The highest BCUT2D eigenvalue weighted by Gasteiger charge is 2.02. The molecule has 7 heteroatoms. The highest BCUT2D eigenvalue weighted by Crippen LogP contribution is 2.07. The topological polar surface area (TPSA) is 105 Å². The lowest BCUT2D eigenvalue weighted by Crippen LogP contribution is -2.09. The zero-order valence-corrected chi connectivity index (χ0v) is 8.86.